The van der Waals surface area contributed by atoms with Crippen LogP contribution in [0.2, 0.25) is 0 Å². The van der Waals surface area contributed by atoms with Crippen molar-refractivity contribution < 1.29 is 5.11 Å². The topological polar surface area (TPSA) is 76.7 Å². The van der Waals surface area contributed by atoms with Crippen LogP contribution in [-0.4, -0.2) is 30.3 Å². The number of hydrogen-bond acceptors (Lipinski definition) is 6. The highest BCUT2D eigenvalue weighted by molar-refractivity contribution is 7.13. The summed E-state index contributed by atoms with van der Waals surface area (Å²) in [5.41, 5.74) is 0.360. The molecule has 0 spiro atoms. The molecule has 0 aliphatic rings. The molecular weight excluding hydrogens is 309 g/mol. The van der Waals surface area contributed by atoms with E-state index in [0.717, 1.165) is 5.01 Å². The molecule has 2 aromatic heterocycles. The Hall–Kier alpha value is -0.470. The maximum Gasteiger partial charge on any atom is 0.234 e. The number of aliphatic hydroxyl groups excluding tert-OH is 1. The van der Waals surface area contributed by atoms with Gasteiger partial charge < -0.3 is 5.11 Å². The van der Waals surface area contributed by atoms with Crippen molar-refractivity contribution in [1.29, 1.82) is 0 Å². The highest BCUT2D eigenvalue weighted by Gasteiger charge is 2.33. The Morgan fingerprint density at radius 2 is 2.00 bits per heavy atom. The van der Waals surface area contributed by atoms with Crippen LogP contribution in [0.15, 0.2) is 0 Å². The molecule has 6 nitrogen and oxygen atoms in total. The van der Waals surface area contributed by atoms with E-state index < -0.39 is 3.79 Å². The first-order chi connectivity index (χ1) is 7.93. The van der Waals surface area contributed by atoms with Gasteiger partial charge in [-0.15, -0.1) is 15.3 Å². The molecule has 0 aliphatic heterocycles. The average Bonchev–Trinajstić information content (AvgIpc) is 2.81. The molecule has 2 heterocycles. The summed E-state index contributed by atoms with van der Waals surface area (Å²) < 4.78 is -0.482. The number of hydrogen-bond donors (Lipinski definition) is 1. The average molecular weight is 315 g/mol. The summed E-state index contributed by atoms with van der Waals surface area (Å²) in [5.74, 6) is 0. The Kier molecular flexibility index (Phi) is 3.55. The number of halogens is 3. The van der Waals surface area contributed by atoms with Crippen LogP contribution >= 0.6 is 46.1 Å². The lowest BCUT2D eigenvalue weighted by molar-refractivity contribution is 0.275. The maximum atomic E-state index is 9.12. The molecule has 2 aromatic rings. The first-order valence-electron chi connectivity index (χ1n) is 4.36. The molecule has 17 heavy (non-hydrogen) atoms. The lowest BCUT2D eigenvalue weighted by Gasteiger charge is -2.12. The highest BCUT2D eigenvalue weighted by atomic mass is 35.6. The molecule has 0 aromatic carbocycles. The van der Waals surface area contributed by atoms with Crippen LogP contribution in [0.3, 0.4) is 0 Å². The van der Waals surface area contributed by atoms with Gasteiger partial charge in [-0.2, -0.15) is 4.68 Å². The maximum absolute atomic E-state index is 9.12. The third-order valence-corrected chi connectivity index (χ3v) is 3.21. The molecule has 0 bridgehead atoms. The van der Waals surface area contributed by atoms with Gasteiger partial charge in [0.2, 0.25) is 8.92 Å². The fourth-order valence-corrected chi connectivity index (χ4v) is 2.42. The van der Waals surface area contributed by atoms with Crippen molar-refractivity contribution in [3.05, 3.63) is 16.4 Å². The van der Waals surface area contributed by atoms with Crippen LogP contribution in [0.25, 0.3) is 5.13 Å². The first kappa shape index (κ1) is 13.0. The SMILES string of the molecule is Cc1nnc(-n2nnc(CO)c2C(Cl)(Cl)Cl)s1. The summed E-state index contributed by atoms with van der Waals surface area (Å²) in [4.78, 5) is 0. The minimum absolute atomic E-state index is 0.168. The van der Waals surface area contributed by atoms with Gasteiger partial charge in [-0.05, 0) is 6.92 Å². The van der Waals surface area contributed by atoms with Crippen LogP contribution in [-0.2, 0) is 10.4 Å². The van der Waals surface area contributed by atoms with E-state index in [1.807, 2.05) is 0 Å². The van der Waals surface area contributed by atoms with E-state index in [4.69, 9.17) is 39.9 Å². The van der Waals surface area contributed by atoms with Crippen molar-refractivity contribution in [2.24, 2.45) is 0 Å². The van der Waals surface area contributed by atoms with Crippen molar-refractivity contribution in [1.82, 2.24) is 25.2 Å². The van der Waals surface area contributed by atoms with E-state index in [1.165, 1.54) is 16.0 Å². The van der Waals surface area contributed by atoms with Gasteiger partial charge in [-0.1, -0.05) is 51.4 Å². The quantitative estimate of drug-likeness (QED) is 0.855. The largest absolute Gasteiger partial charge is 0.390 e. The van der Waals surface area contributed by atoms with E-state index in [0.29, 0.717) is 5.13 Å². The standard InChI is InChI=1S/C7H6Cl3N5OS/c1-3-11-13-6(17-3)15-5(7(8,9)10)4(2-16)12-14-15/h16H,2H2,1H3. The summed E-state index contributed by atoms with van der Waals surface area (Å²) in [7, 11) is 0. The predicted molar refractivity (Wildman–Crippen MR) is 64.7 cm³/mol. The second kappa shape index (κ2) is 4.66. The normalized spacial score (nSPS) is 12.1. The molecule has 92 valence electrons. The Bertz CT molecular complexity index is 534. The molecule has 10 heteroatoms. The van der Waals surface area contributed by atoms with Crippen LogP contribution in [0.4, 0.5) is 0 Å². The number of nitrogens with zero attached hydrogens (tertiary/aromatic N) is 5. The second-order valence-corrected chi connectivity index (χ2v) is 6.50. The molecule has 0 saturated heterocycles. The summed E-state index contributed by atoms with van der Waals surface area (Å²) in [5, 5.41) is 25.5. The van der Waals surface area contributed by atoms with Crippen molar-refractivity contribution in [3.63, 3.8) is 0 Å². The smallest absolute Gasteiger partial charge is 0.234 e. The Balaban J connectivity index is 2.59. The van der Waals surface area contributed by atoms with Gasteiger partial charge in [-0.25, -0.2) is 0 Å². The Labute approximate surface area is 115 Å². The van der Waals surface area contributed by atoms with Gasteiger partial charge in [0.05, 0.1) is 6.61 Å². The Morgan fingerprint density at radius 1 is 1.29 bits per heavy atom. The van der Waals surface area contributed by atoms with Crippen LogP contribution in [0, 0.1) is 6.92 Å². The number of rotatable bonds is 2. The lowest BCUT2D eigenvalue weighted by Crippen LogP contribution is -2.12. The van der Waals surface area contributed by atoms with Crippen LogP contribution in [0.5, 0.6) is 0 Å². The molecule has 0 fully saturated rings. The minimum atomic E-state index is -1.75. The summed E-state index contributed by atoms with van der Waals surface area (Å²) in [6.45, 7) is 1.42. The van der Waals surface area contributed by atoms with Gasteiger partial charge in [0.15, 0.2) is 0 Å². The molecule has 0 saturated carbocycles. The van der Waals surface area contributed by atoms with Gasteiger partial charge in [0.1, 0.15) is 16.4 Å². The number of aromatic nitrogens is 5. The molecule has 0 unspecified atom stereocenters. The van der Waals surface area contributed by atoms with Crippen molar-refractivity contribution in [3.8, 4) is 5.13 Å². The molecule has 0 amide bonds. The monoisotopic (exact) mass is 313 g/mol. The summed E-state index contributed by atoms with van der Waals surface area (Å²) >= 11 is 18.7. The third kappa shape index (κ3) is 2.53. The molecule has 2 rings (SSSR count). The fraction of sp³-hybridized carbons (Fsp3) is 0.429. The predicted octanol–water partition coefficient (Wildman–Crippen LogP) is 1.75. The fourth-order valence-electron chi connectivity index (χ4n) is 1.21. The minimum Gasteiger partial charge on any atom is -0.390 e. The lowest BCUT2D eigenvalue weighted by atomic mass is 10.3. The molecule has 0 aliphatic carbocycles. The zero-order chi connectivity index (χ0) is 12.6. The van der Waals surface area contributed by atoms with Gasteiger partial charge in [0.25, 0.3) is 0 Å². The van der Waals surface area contributed by atoms with Crippen LogP contribution in [0.1, 0.15) is 16.4 Å². The van der Waals surface area contributed by atoms with Crippen LogP contribution < -0.4 is 0 Å². The molecule has 1 N–H and O–H groups in total. The molecule has 0 radical (unpaired) electrons. The van der Waals surface area contributed by atoms with Gasteiger partial charge >= 0.3 is 0 Å². The number of alkyl halides is 3. The van der Waals surface area contributed by atoms with Crippen molar-refractivity contribution >= 4 is 46.1 Å². The third-order valence-electron chi connectivity index (χ3n) is 1.85. The second-order valence-electron chi connectivity index (χ2n) is 3.06. The highest BCUT2D eigenvalue weighted by Crippen LogP contribution is 2.40. The molecular formula is C7H6Cl3N5OS. The van der Waals surface area contributed by atoms with Gasteiger partial charge in [0, 0.05) is 0 Å². The first-order valence-corrected chi connectivity index (χ1v) is 6.31. The van der Waals surface area contributed by atoms with Crippen molar-refractivity contribution in [2.75, 3.05) is 0 Å². The van der Waals surface area contributed by atoms with Crippen molar-refractivity contribution in [2.45, 2.75) is 17.3 Å². The van der Waals surface area contributed by atoms with Gasteiger partial charge in [-0.3, -0.25) is 0 Å². The zero-order valence-electron chi connectivity index (χ0n) is 8.43. The Morgan fingerprint density at radius 3 is 2.47 bits per heavy atom. The number of aryl methyl sites for hydroxylation is 1. The molecule has 0 atom stereocenters. The summed E-state index contributed by atoms with van der Waals surface area (Å²) in [6.07, 6.45) is 0. The number of aliphatic hydroxyl groups is 1. The van der Waals surface area contributed by atoms with E-state index in [1.54, 1.807) is 6.92 Å². The van der Waals surface area contributed by atoms with E-state index in [9.17, 15) is 0 Å². The van der Waals surface area contributed by atoms with E-state index in [2.05, 4.69) is 20.5 Å². The van der Waals surface area contributed by atoms with E-state index >= 15 is 0 Å². The zero-order valence-corrected chi connectivity index (χ0v) is 11.5. The van der Waals surface area contributed by atoms with E-state index in [-0.39, 0.29) is 18.0 Å². The summed E-state index contributed by atoms with van der Waals surface area (Å²) in [6, 6.07) is 0.